The summed E-state index contributed by atoms with van der Waals surface area (Å²) in [6.45, 7) is 0. The first kappa shape index (κ1) is 8.81. The van der Waals surface area contributed by atoms with Gasteiger partial charge in [0.2, 0.25) is 0 Å². The van der Waals surface area contributed by atoms with Crippen molar-refractivity contribution >= 4 is 10.9 Å². The highest BCUT2D eigenvalue weighted by molar-refractivity contribution is 7.97. The van der Waals surface area contributed by atoms with Crippen molar-refractivity contribution in [2.75, 3.05) is 11.5 Å². The van der Waals surface area contributed by atoms with Crippen molar-refractivity contribution in [2.45, 2.75) is 36.4 Å². The number of fused-ring (bicyclic) bond motifs is 1. The number of hydrogen-bond acceptors (Lipinski definition) is 3. The summed E-state index contributed by atoms with van der Waals surface area (Å²) in [5.41, 5.74) is 0. The Labute approximate surface area is 74.8 Å². The predicted molar refractivity (Wildman–Crippen MR) is 48.1 cm³/mol. The van der Waals surface area contributed by atoms with Crippen LogP contribution in [0.2, 0.25) is 0 Å². The maximum absolute atomic E-state index is 9.62. The van der Waals surface area contributed by atoms with Crippen molar-refractivity contribution in [1.82, 2.24) is 0 Å². The zero-order valence-corrected chi connectivity index (χ0v) is 7.70. The normalized spacial score (nSPS) is 53.8. The van der Waals surface area contributed by atoms with E-state index in [0.29, 0.717) is 5.75 Å². The zero-order chi connectivity index (χ0) is 8.72. The Kier molecular flexibility index (Phi) is 2.33. The standard InChI is InChI=1S/C8H15O3S/c9-5-4-12-3-1-2-6(12)8(11)7(5)10/h5-11H,1-4H2/q+1/t5-,6?,7+,8+,12?/m0/s1. The minimum atomic E-state index is -0.906. The van der Waals surface area contributed by atoms with Crippen LogP contribution in [-0.4, -0.2) is 50.4 Å². The van der Waals surface area contributed by atoms with Crippen LogP contribution in [0, 0.1) is 0 Å². The Morgan fingerprint density at radius 1 is 1.08 bits per heavy atom. The molecule has 0 spiro atoms. The van der Waals surface area contributed by atoms with Gasteiger partial charge >= 0.3 is 0 Å². The van der Waals surface area contributed by atoms with E-state index in [9.17, 15) is 15.3 Å². The molecule has 0 aliphatic carbocycles. The summed E-state index contributed by atoms with van der Waals surface area (Å²) in [5, 5.41) is 28.7. The number of rotatable bonds is 0. The molecule has 2 aliphatic rings. The maximum atomic E-state index is 9.62. The van der Waals surface area contributed by atoms with Crippen LogP contribution in [0.5, 0.6) is 0 Å². The molecule has 0 aromatic rings. The summed E-state index contributed by atoms with van der Waals surface area (Å²) in [4.78, 5) is 0. The van der Waals surface area contributed by atoms with Crippen LogP contribution in [0.25, 0.3) is 0 Å². The third kappa shape index (κ3) is 1.27. The fraction of sp³-hybridized carbons (Fsp3) is 1.00. The van der Waals surface area contributed by atoms with Crippen molar-refractivity contribution in [3.05, 3.63) is 0 Å². The van der Waals surface area contributed by atoms with Crippen molar-refractivity contribution in [1.29, 1.82) is 0 Å². The molecular weight excluding hydrogens is 176 g/mol. The molecule has 3 nitrogen and oxygen atoms in total. The van der Waals surface area contributed by atoms with Crippen LogP contribution in [0.15, 0.2) is 0 Å². The van der Waals surface area contributed by atoms with Gasteiger partial charge in [0.25, 0.3) is 0 Å². The van der Waals surface area contributed by atoms with E-state index in [1.165, 1.54) is 0 Å². The molecule has 70 valence electrons. The molecule has 3 N–H and O–H groups in total. The van der Waals surface area contributed by atoms with Crippen LogP contribution >= 0.6 is 0 Å². The lowest BCUT2D eigenvalue weighted by Gasteiger charge is -2.31. The van der Waals surface area contributed by atoms with Crippen molar-refractivity contribution < 1.29 is 15.3 Å². The van der Waals surface area contributed by atoms with E-state index >= 15 is 0 Å². The zero-order valence-electron chi connectivity index (χ0n) is 6.89. The van der Waals surface area contributed by atoms with Gasteiger partial charge in [0.1, 0.15) is 35.1 Å². The van der Waals surface area contributed by atoms with E-state index < -0.39 is 18.3 Å². The van der Waals surface area contributed by atoms with Gasteiger partial charge in [-0.2, -0.15) is 0 Å². The fourth-order valence-corrected chi connectivity index (χ4v) is 5.07. The lowest BCUT2D eigenvalue weighted by Crippen LogP contribution is -2.54. The topological polar surface area (TPSA) is 60.7 Å². The van der Waals surface area contributed by atoms with E-state index in [4.69, 9.17) is 0 Å². The Hall–Kier alpha value is 0.230. The molecule has 2 heterocycles. The average Bonchev–Trinajstić information content (AvgIpc) is 2.48. The van der Waals surface area contributed by atoms with E-state index in [0.717, 1.165) is 18.6 Å². The lowest BCUT2D eigenvalue weighted by atomic mass is 10.0. The molecule has 0 aromatic heterocycles. The largest absolute Gasteiger partial charge is 0.387 e. The molecule has 0 bridgehead atoms. The van der Waals surface area contributed by atoms with Gasteiger partial charge in [0, 0.05) is 6.42 Å². The minimum Gasteiger partial charge on any atom is -0.387 e. The minimum absolute atomic E-state index is 0.174. The van der Waals surface area contributed by atoms with Crippen molar-refractivity contribution in [3.8, 4) is 0 Å². The quantitative estimate of drug-likeness (QED) is 0.424. The van der Waals surface area contributed by atoms with E-state index in [-0.39, 0.29) is 16.1 Å². The van der Waals surface area contributed by atoms with Crippen molar-refractivity contribution in [2.24, 2.45) is 0 Å². The molecular formula is C8H15O3S+. The molecule has 0 radical (unpaired) electrons. The van der Waals surface area contributed by atoms with Gasteiger partial charge in [-0.1, -0.05) is 0 Å². The summed E-state index contributed by atoms with van der Waals surface area (Å²) in [6, 6.07) is 0. The third-order valence-corrected chi connectivity index (χ3v) is 5.79. The Morgan fingerprint density at radius 3 is 2.58 bits per heavy atom. The van der Waals surface area contributed by atoms with Gasteiger partial charge in [0.05, 0.1) is 0 Å². The number of aliphatic hydroxyl groups excluding tert-OH is 3. The second kappa shape index (κ2) is 3.18. The second-order valence-corrected chi connectivity index (χ2v) is 6.06. The van der Waals surface area contributed by atoms with Gasteiger partial charge < -0.3 is 15.3 Å². The molecule has 2 fully saturated rings. The first-order valence-corrected chi connectivity index (χ1v) is 6.03. The van der Waals surface area contributed by atoms with Gasteiger partial charge in [0.15, 0.2) is 0 Å². The highest BCUT2D eigenvalue weighted by Crippen LogP contribution is 2.32. The number of aliphatic hydroxyl groups is 3. The highest BCUT2D eigenvalue weighted by Gasteiger charge is 2.51. The lowest BCUT2D eigenvalue weighted by molar-refractivity contribution is -0.0558. The molecule has 2 aliphatic heterocycles. The summed E-state index contributed by atoms with van der Waals surface area (Å²) in [6.07, 6.45) is -0.118. The average molecular weight is 191 g/mol. The van der Waals surface area contributed by atoms with Crippen LogP contribution in [0.1, 0.15) is 12.8 Å². The van der Waals surface area contributed by atoms with Crippen LogP contribution in [-0.2, 0) is 10.9 Å². The third-order valence-electron chi connectivity index (χ3n) is 2.83. The molecule has 0 saturated carbocycles. The van der Waals surface area contributed by atoms with Gasteiger partial charge in [-0.15, -0.1) is 0 Å². The molecule has 4 heteroatoms. The Morgan fingerprint density at radius 2 is 1.83 bits per heavy atom. The molecule has 2 saturated heterocycles. The van der Waals surface area contributed by atoms with Gasteiger partial charge in [-0.05, 0) is 17.3 Å². The van der Waals surface area contributed by atoms with E-state index in [1.54, 1.807) is 0 Å². The first-order valence-electron chi connectivity index (χ1n) is 4.40. The maximum Gasteiger partial charge on any atom is 0.146 e. The van der Waals surface area contributed by atoms with Crippen LogP contribution in [0.4, 0.5) is 0 Å². The Balaban J connectivity index is 2.10. The molecule has 2 rings (SSSR count). The monoisotopic (exact) mass is 191 g/mol. The second-order valence-electron chi connectivity index (χ2n) is 3.64. The van der Waals surface area contributed by atoms with E-state index in [2.05, 4.69) is 0 Å². The van der Waals surface area contributed by atoms with Gasteiger partial charge in [-0.25, -0.2) is 0 Å². The molecule has 12 heavy (non-hydrogen) atoms. The summed E-state index contributed by atoms with van der Waals surface area (Å²) in [5.74, 6) is 1.83. The molecule has 0 amide bonds. The first-order chi connectivity index (χ1) is 5.70. The Bertz CT molecular complexity index is 176. The van der Waals surface area contributed by atoms with Gasteiger partial charge in [-0.3, -0.25) is 0 Å². The molecule has 0 aromatic carbocycles. The predicted octanol–water partition coefficient (Wildman–Crippen LogP) is -1.14. The van der Waals surface area contributed by atoms with Crippen molar-refractivity contribution in [3.63, 3.8) is 0 Å². The smallest absolute Gasteiger partial charge is 0.146 e. The molecule has 2 unspecified atom stereocenters. The number of hydrogen-bond donors (Lipinski definition) is 3. The SMILES string of the molecule is O[C@H]1[C@H](O)C2CCC[S+]2C[C@@H]1O. The summed E-state index contributed by atoms with van der Waals surface area (Å²) in [7, 11) is 0.174. The van der Waals surface area contributed by atoms with Crippen LogP contribution in [0.3, 0.4) is 0 Å². The summed E-state index contributed by atoms with van der Waals surface area (Å²) >= 11 is 0. The summed E-state index contributed by atoms with van der Waals surface area (Å²) < 4.78 is 0. The van der Waals surface area contributed by atoms with Crippen LogP contribution < -0.4 is 0 Å². The van der Waals surface area contributed by atoms with E-state index in [1.807, 2.05) is 0 Å². The highest BCUT2D eigenvalue weighted by atomic mass is 32.2. The fourth-order valence-electron chi connectivity index (χ4n) is 2.13. The molecule has 5 atom stereocenters.